The van der Waals surface area contributed by atoms with Gasteiger partial charge in [0.05, 0.1) is 41.5 Å². The molecule has 3 aromatic rings. The third kappa shape index (κ3) is 5.24. The highest BCUT2D eigenvalue weighted by Crippen LogP contribution is 2.34. The van der Waals surface area contributed by atoms with Crippen LogP contribution in [0.3, 0.4) is 0 Å². The molecule has 37 heavy (non-hydrogen) atoms. The molecule has 2 fully saturated rings. The average molecular weight is 549 g/mol. The molecule has 0 bridgehead atoms. The van der Waals surface area contributed by atoms with Crippen molar-refractivity contribution in [2.24, 2.45) is 0 Å². The van der Waals surface area contributed by atoms with Crippen molar-refractivity contribution in [2.45, 2.75) is 44.4 Å². The number of anilines is 2. The summed E-state index contributed by atoms with van der Waals surface area (Å²) in [5.74, 6) is 0.335. The summed E-state index contributed by atoms with van der Waals surface area (Å²) in [6, 6.07) is 6.01. The van der Waals surface area contributed by atoms with E-state index in [1.807, 2.05) is 24.1 Å². The predicted octanol–water partition coefficient (Wildman–Crippen LogP) is 1.97. The van der Waals surface area contributed by atoms with Gasteiger partial charge in [0.15, 0.2) is 5.65 Å². The van der Waals surface area contributed by atoms with Crippen molar-refractivity contribution in [3.63, 3.8) is 0 Å². The van der Waals surface area contributed by atoms with Crippen molar-refractivity contribution in [3.05, 3.63) is 52.3 Å². The second kappa shape index (κ2) is 9.75. The van der Waals surface area contributed by atoms with E-state index in [4.69, 9.17) is 21.7 Å². The Balaban J connectivity index is 1.48. The zero-order valence-corrected chi connectivity index (χ0v) is 22.1. The zero-order valence-electron chi connectivity index (χ0n) is 20.5. The van der Waals surface area contributed by atoms with Crippen LogP contribution in [0.1, 0.15) is 46.9 Å². The Hall–Kier alpha value is -2.93. The van der Waals surface area contributed by atoms with E-state index in [1.165, 1.54) is 18.2 Å². The number of aromatic nitrogens is 3. The lowest BCUT2D eigenvalue weighted by atomic mass is 9.98. The molecular formula is C24H29ClN6O5S. The third-order valence-corrected chi connectivity index (χ3v) is 7.62. The first-order chi connectivity index (χ1) is 17.5. The van der Waals surface area contributed by atoms with E-state index in [2.05, 4.69) is 4.72 Å². The smallest absolute Gasteiger partial charge is 0.256 e. The molecule has 2 saturated heterocycles. The van der Waals surface area contributed by atoms with Crippen molar-refractivity contribution in [2.75, 3.05) is 35.5 Å². The van der Waals surface area contributed by atoms with Crippen molar-refractivity contribution in [1.29, 1.82) is 0 Å². The van der Waals surface area contributed by atoms with Gasteiger partial charge in [0.2, 0.25) is 10.0 Å². The fourth-order valence-electron chi connectivity index (χ4n) is 5.06. The summed E-state index contributed by atoms with van der Waals surface area (Å²) >= 11 is 6.17. The summed E-state index contributed by atoms with van der Waals surface area (Å²) in [4.78, 5) is 22.0. The fourth-order valence-corrected chi connectivity index (χ4v) is 5.81. The van der Waals surface area contributed by atoms with Gasteiger partial charge in [-0.1, -0.05) is 11.6 Å². The van der Waals surface area contributed by atoms with E-state index in [0.29, 0.717) is 48.2 Å². The Labute approximate surface area is 219 Å². The van der Waals surface area contributed by atoms with E-state index >= 15 is 0 Å². The number of aliphatic hydroxyl groups is 2. The van der Waals surface area contributed by atoms with E-state index in [0.717, 1.165) is 24.7 Å². The number of amides is 1. The second-order valence-electron chi connectivity index (χ2n) is 9.73. The van der Waals surface area contributed by atoms with Gasteiger partial charge >= 0.3 is 0 Å². The highest BCUT2D eigenvalue weighted by molar-refractivity contribution is 7.92. The topological polar surface area (TPSA) is 140 Å². The number of aryl methyl sites for hydroxylation is 1. The maximum atomic E-state index is 13.7. The molecule has 2 aliphatic heterocycles. The number of rotatable bonds is 5. The Morgan fingerprint density at radius 1 is 1.16 bits per heavy atom. The molecule has 0 aliphatic carbocycles. The minimum atomic E-state index is -3.61. The van der Waals surface area contributed by atoms with Crippen LogP contribution in [0.4, 0.5) is 11.5 Å². The number of aliphatic hydroxyl groups excluding tert-OH is 2. The fraction of sp³-hybridized carbons (Fsp3) is 0.458. The van der Waals surface area contributed by atoms with Gasteiger partial charge in [-0.15, -0.1) is 0 Å². The normalized spacial score (nSPS) is 22.6. The molecule has 0 spiro atoms. The second-order valence-corrected chi connectivity index (χ2v) is 11.9. The summed E-state index contributed by atoms with van der Waals surface area (Å²) in [5.41, 5.74) is 2.46. The number of β-amino-alcohol motifs (C(OH)–C–C–N with tert-alkyl or cyclic N) is 2. The van der Waals surface area contributed by atoms with E-state index in [-0.39, 0.29) is 23.2 Å². The van der Waals surface area contributed by atoms with Gasteiger partial charge in [-0.25, -0.2) is 17.9 Å². The standard InChI is InChI=1S/C24H29ClN6O5S/c1-14-11-31-22(26-23(14)29-12-20(32)21(33)13-29)10-18(27-31)19-5-3-4-8-30(19)24(34)16-9-15(25)6-7-17(16)28-37(2,35)36/h6-7,9-11,19-21,28,32-33H,3-5,8,12-13H2,1-2H3. The lowest BCUT2D eigenvalue weighted by Gasteiger charge is -2.35. The highest BCUT2D eigenvalue weighted by atomic mass is 35.5. The van der Waals surface area contributed by atoms with Gasteiger partial charge in [0, 0.05) is 42.5 Å². The van der Waals surface area contributed by atoms with Crippen LogP contribution in [-0.4, -0.2) is 82.1 Å². The molecule has 11 nitrogen and oxygen atoms in total. The summed E-state index contributed by atoms with van der Waals surface area (Å²) in [7, 11) is -3.61. The minimum Gasteiger partial charge on any atom is -0.389 e. The van der Waals surface area contributed by atoms with E-state index < -0.39 is 22.2 Å². The van der Waals surface area contributed by atoms with Gasteiger partial charge in [0.25, 0.3) is 5.91 Å². The number of hydrogen-bond acceptors (Lipinski definition) is 8. The first-order valence-electron chi connectivity index (χ1n) is 12.1. The Morgan fingerprint density at radius 3 is 2.59 bits per heavy atom. The molecular weight excluding hydrogens is 520 g/mol. The third-order valence-electron chi connectivity index (χ3n) is 6.80. The molecule has 0 saturated carbocycles. The Bertz CT molecular complexity index is 1450. The van der Waals surface area contributed by atoms with E-state index in [1.54, 1.807) is 9.42 Å². The monoisotopic (exact) mass is 548 g/mol. The number of carbonyl (C=O) groups excluding carboxylic acids is 1. The lowest BCUT2D eigenvalue weighted by molar-refractivity contribution is 0.0572. The molecule has 1 amide bonds. The maximum Gasteiger partial charge on any atom is 0.256 e. The molecule has 1 aromatic carbocycles. The Kier molecular flexibility index (Phi) is 6.77. The SMILES string of the molecule is Cc1cn2nc(C3CCCCN3C(=O)c3cc(Cl)ccc3NS(C)(=O)=O)cc2nc1N1CC(O)C(O)C1. The number of sulfonamides is 1. The van der Waals surface area contributed by atoms with Crippen LogP contribution in [0.5, 0.6) is 0 Å². The molecule has 5 rings (SSSR count). The number of hydrogen-bond donors (Lipinski definition) is 3. The first kappa shape index (κ1) is 25.7. The number of carbonyl (C=O) groups is 1. The molecule has 198 valence electrons. The van der Waals surface area contributed by atoms with Crippen LogP contribution in [0, 0.1) is 6.92 Å². The zero-order chi connectivity index (χ0) is 26.5. The number of piperidine rings is 1. The first-order valence-corrected chi connectivity index (χ1v) is 14.3. The largest absolute Gasteiger partial charge is 0.389 e. The maximum absolute atomic E-state index is 13.7. The minimum absolute atomic E-state index is 0.174. The van der Waals surface area contributed by atoms with E-state index in [9.17, 15) is 23.4 Å². The molecule has 3 N–H and O–H groups in total. The lowest BCUT2D eigenvalue weighted by Crippen LogP contribution is -2.39. The van der Waals surface area contributed by atoms with Crippen LogP contribution in [0.15, 0.2) is 30.5 Å². The van der Waals surface area contributed by atoms with Gasteiger partial charge in [-0.05, 0) is 44.4 Å². The van der Waals surface area contributed by atoms with Crippen LogP contribution >= 0.6 is 11.6 Å². The molecule has 4 heterocycles. The molecule has 2 aromatic heterocycles. The molecule has 3 atom stereocenters. The van der Waals surface area contributed by atoms with Crippen LogP contribution in [0.25, 0.3) is 5.65 Å². The van der Waals surface area contributed by atoms with Gasteiger partial charge in [-0.2, -0.15) is 5.10 Å². The van der Waals surface area contributed by atoms with Gasteiger partial charge in [0.1, 0.15) is 5.82 Å². The van der Waals surface area contributed by atoms with Crippen molar-refractivity contribution >= 4 is 44.7 Å². The van der Waals surface area contributed by atoms with Gasteiger partial charge < -0.3 is 20.0 Å². The van der Waals surface area contributed by atoms with Crippen molar-refractivity contribution < 1.29 is 23.4 Å². The predicted molar refractivity (Wildman–Crippen MR) is 139 cm³/mol. The quantitative estimate of drug-likeness (QED) is 0.439. The number of nitrogens with one attached hydrogen (secondary N) is 1. The van der Waals surface area contributed by atoms with Crippen LogP contribution < -0.4 is 9.62 Å². The summed E-state index contributed by atoms with van der Waals surface area (Å²) in [6.07, 6.45) is 3.64. The molecule has 13 heteroatoms. The number of fused-ring (bicyclic) bond motifs is 1. The number of halogens is 1. The van der Waals surface area contributed by atoms with Crippen molar-refractivity contribution in [1.82, 2.24) is 19.5 Å². The summed E-state index contributed by atoms with van der Waals surface area (Å²) in [6.45, 7) is 2.97. The van der Waals surface area contributed by atoms with Gasteiger partial charge in [-0.3, -0.25) is 9.52 Å². The Morgan fingerprint density at radius 2 is 1.89 bits per heavy atom. The molecule has 3 unspecified atom stereocenters. The average Bonchev–Trinajstić information content (AvgIpc) is 3.40. The highest BCUT2D eigenvalue weighted by Gasteiger charge is 2.34. The molecule has 0 radical (unpaired) electrons. The van der Waals surface area contributed by atoms with Crippen LogP contribution in [-0.2, 0) is 10.0 Å². The summed E-state index contributed by atoms with van der Waals surface area (Å²) < 4.78 is 27.9. The molecule has 2 aliphatic rings. The number of benzene rings is 1. The number of nitrogens with zero attached hydrogens (tertiary/aromatic N) is 5. The van der Waals surface area contributed by atoms with Crippen LogP contribution in [0.2, 0.25) is 5.02 Å². The van der Waals surface area contributed by atoms with Crippen molar-refractivity contribution in [3.8, 4) is 0 Å². The number of likely N-dealkylation sites (tertiary alicyclic amines) is 1. The summed E-state index contributed by atoms with van der Waals surface area (Å²) in [5, 5.41) is 25.0.